The highest BCUT2D eigenvalue weighted by Crippen LogP contribution is 2.49. The second-order valence-electron chi connectivity index (χ2n) is 10.2. The molecule has 41 heavy (non-hydrogen) atoms. The molecule has 3 aromatic rings. The molecule has 0 bridgehead atoms. The third kappa shape index (κ3) is 7.64. The summed E-state index contributed by atoms with van der Waals surface area (Å²) in [4.78, 5) is 36.2. The zero-order valence-corrected chi connectivity index (χ0v) is 22.5. The van der Waals surface area contributed by atoms with Crippen molar-refractivity contribution in [2.75, 3.05) is 31.1 Å². The Labute approximate surface area is 237 Å². The highest BCUT2D eigenvalue weighted by molar-refractivity contribution is 5.96. The molecule has 2 N–H and O–H groups in total. The van der Waals surface area contributed by atoms with Gasteiger partial charge in [0.15, 0.2) is 5.78 Å². The van der Waals surface area contributed by atoms with Gasteiger partial charge in [-0.1, -0.05) is 18.2 Å². The monoisotopic (exact) mass is 562 g/mol. The van der Waals surface area contributed by atoms with E-state index < -0.39 is 11.9 Å². The lowest BCUT2D eigenvalue weighted by Gasteiger charge is -2.40. The van der Waals surface area contributed by atoms with E-state index in [0.29, 0.717) is 24.1 Å². The molecule has 0 aliphatic carbocycles. The van der Waals surface area contributed by atoms with E-state index >= 15 is 0 Å². The van der Waals surface area contributed by atoms with E-state index in [1.807, 2.05) is 12.1 Å². The Morgan fingerprint density at radius 1 is 0.805 bits per heavy atom. The number of likely N-dealkylation sites (tertiary alicyclic amines) is 1. The topological polar surface area (TPSA) is 98.2 Å². The van der Waals surface area contributed by atoms with Crippen LogP contribution in [0.4, 0.5) is 20.2 Å². The number of rotatable bonds is 8. The second-order valence-corrected chi connectivity index (χ2v) is 10.2. The molecule has 2 aliphatic rings. The fourth-order valence-electron chi connectivity index (χ4n) is 5.50. The predicted octanol–water partition coefficient (Wildman–Crippen LogP) is 5.83. The summed E-state index contributed by atoms with van der Waals surface area (Å²) in [5, 5.41) is 15.6. The molecule has 1 spiro atoms. The maximum atomic E-state index is 13.5. The first-order valence-corrected chi connectivity index (χ1v) is 13.4. The fourth-order valence-corrected chi connectivity index (χ4v) is 5.50. The van der Waals surface area contributed by atoms with Crippen LogP contribution in [0.1, 0.15) is 41.6 Å². The number of carboxylic acids is 2. The first-order chi connectivity index (χ1) is 19.7. The highest BCUT2D eigenvalue weighted by Gasteiger charge is 2.44. The zero-order valence-electron chi connectivity index (χ0n) is 22.5. The van der Waals surface area contributed by atoms with E-state index in [9.17, 15) is 23.2 Å². The standard InChI is InChI=1S/C28H28F2N2O.C4H4O4/c29-22-9-7-21(8-10-22)27(33)6-3-17-31-18-15-28(16-19-31)20-32(24-13-11-23(30)12-14-24)26-5-2-1-4-25(26)28;5-3(6)1-2-4(7)8/h1-2,4-5,7-14H,3,6,15-20H2;1-2H,(H,5,6)(H,7,8)/b;2-1-. The number of nitrogens with zero attached hydrogens (tertiary/aromatic N) is 2. The van der Waals surface area contributed by atoms with Crippen LogP contribution in [0.3, 0.4) is 0 Å². The molecule has 5 rings (SSSR count). The van der Waals surface area contributed by atoms with Crippen molar-refractivity contribution in [3.8, 4) is 0 Å². The van der Waals surface area contributed by atoms with Gasteiger partial charge in [0.25, 0.3) is 0 Å². The number of fused-ring (bicyclic) bond motifs is 2. The Morgan fingerprint density at radius 3 is 1.95 bits per heavy atom. The molecule has 2 heterocycles. The van der Waals surface area contributed by atoms with Gasteiger partial charge < -0.3 is 20.0 Å². The summed E-state index contributed by atoms with van der Waals surface area (Å²) in [5.74, 6) is -2.98. The number of halogens is 2. The Kier molecular flexibility index (Phi) is 9.62. The van der Waals surface area contributed by atoms with Gasteiger partial charge in [0, 0.05) is 47.5 Å². The first-order valence-electron chi connectivity index (χ1n) is 13.4. The lowest BCUT2D eigenvalue weighted by molar-refractivity contribution is -0.134. The number of hydrogen-bond donors (Lipinski definition) is 2. The molecule has 2 aliphatic heterocycles. The van der Waals surface area contributed by atoms with Crippen LogP contribution in [-0.2, 0) is 15.0 Å². The molecule has 0 unspecified atom stereocenters. The lowest BCUT2D eigenvalue weighted by Crippen LogP contribution is -2.45. The van der Waals surface area contributed by atoms with E-state index in [1.165, 1.54) is 35.5 Å². The van der Waals surface area contributed by atoms with Crippen LogP contribution >= 0.6 is 0 Å². The van der Waals surface area contributed by atoms with Gasteiger partial charge in [0.1, 0.15) is 11.6 Å². The number of piperidine rings is 1. The number of Topliss-reactive ketones (excluding diaryl/α,β-unsaturated/α-hetero) is 1. The molecule has 0 amide bonds. The summed E-state index contributed by atoms with van der Waals surface area (Å²) in [6, 6.07) is 21.2. The van der Waals surface area contributed by atoms with Crippen molar-refractivity contribution in [1.82, 2.24) is 4.90 Å². The Morgan fingerprint density at radius 2 is 1.37 bits per heavy atom. The smallest absolute Gasteiger partial charge is 0.328 e. The van der Waals surface area contributed by atoms with Crippen LogP contribution in [0.5, 0.6) is 0 Å². The third-order valence-electron chi connectivity index (χ3n) is 7.59. The molecule has 214 valence electrons. The molecule has 1 fully saturated rings. The van der Waals surface area contributed by atoms with Crippen molar-refractivity contribution in [1.29, 1.82) is 0 Å². The molecular weight excluding hydrogens is 530 g/mol. The second kappa shape index (κ2) is 13.3. The van der Waals surface area contributed by atoms with Crippen molar-refractivity contribution in [2.24, 2.45) is 0 Å². The van der Waals surface area contributed by atoms with Gasteiger partial charge in [-0.05, 0) is 99.1 Å². The van der Waals surface area contributed by atoms with Gasteiger partial charge in [-0.15, -0.1) is 0 Å². The van der Waals surface area contributed by atoms with Gasteiger partial charge in [0.2, 0.25) is 0 Å². The van der Waals surface area contributed by atoms with Crippen molar-refractivity contribution in [3.05, 3.63) is 108 Å². The minimum Gasteiger partial charge on any atom is -0.478 e. The van der Waals surface area contributed by atoms with Crippen molar-refractivity contribution in [2.45, 2.75) is 31.1 Å². The van der Waals surface area contributed by atoms with Gasteiger partial charge >= 0.3 is 11.9 Å². The molecular formula is C32H32F2N2O5. The van der Waals surface area contributed by atoms with E-state index in [0.717, 1.165) is 51.1 Å². The predicted molar refractivity (Wildman–Crippen MR) is 152 cm³/mol. The summed E-state index contributed by atoms with van der Waals surface area (Å²) in [6.07, 6.45) is 4.53. The van der Waals surface area contributed by atoms with Gasteiger partial charge in [-0.3, -0.25) is 4.79 Å². The molecule has 0 aromatic heterocycles. The normalized spacial score (nSPS) is 15.8. The van der Waals surface area contributed by atoms with Gasteiger partial charge in [-0.2, -0.15) is 0 Å². The SMILES string of the molecule is O=C(CCCN1CCC2(CC1)CN(c1ccc(F)cc1)c1ccccc12)c1ccc(F)cc1.O=C(O)/C=C\C(=O)O. The van der Waals surface area contributed by atoms with Crippen LogP contribution < -0.4 is 4.90 Å². The van der Waals surface area contributed by atoms with E-state index in [2.05, 4.69) is 34.1 Å². The minimum atomic E-state index is -1.26. The van der Waals surface area contributed by atoms with Crippen molar-refractivity contribution in [3.63, 3.8) is 0 Å². The van der Waals surface area contributed by atoms with E-state index in [-0.39, 0.29) is 22.8 Å². The summed E-state index contributed by atoms with van der Waals surface area (Å²) in [6.45, 7) is 3.80. The van der Waals surface area contributed by atoms with Crippen LogP contribution in [0.2, 0.25) is 0 Å². The van der Waals surface area contributed by atoms with Crippen LogP contribution in [0.15, 0.2) is 84.9 Å². The first kappa shape index (κ1) is 29.6. The summed E-state index contributed by atoms with van der Waals surface area (Å²) in [7, 11) is 0. The van der Waals surface area contributed by atoms with E-state index in [1.54, 1.807) is 12.1 Å². The van der Waals surface area contributed by atoms with Crippen LogP contribution in [0, 0.1) is 11.6 Å². The van der Waals surface area contributed by atoms with Gasteiger partial charge in [-0.25, -0.2) is 18.4 Å². The zero-order chi connectivity index (χ0) is 29.4. The number of para-hydroxylation sites is 1. The number of carbonyl (C=O) groups is 3. The van der Waals surface area contributed by atoms with Crippen molar-refractivity contribution < 1.29 is 33.4 Å². The quantitative estimate of drug-likeness (QED) is 0.264. The van der Waals surface area contributed by atoms with Crippen LogP contribution in [-0.4, -0.2) is 59.0 Å². The third-order valence-corrected chi connectivity index (χ3v) is 7.59. The van der Waals surface area contributed by atoms with Gasteiger partial charge in [0.05, 0.1) is 0 Å². The summed E-state index contributed by atoms with van der Waals surface area (Å²) in [5.41, 5.74) is 4.33. The minimum absolute atomic E-state index is 0.0724. The number of hydrogen-bond acceptors (Lipinski definition) is 5. The molecule has 0 saturated carbocycles. The van der Waals surface area contributed by atoms with E-state index in [4.69, 9.17) is 10.2 Å². The average molecular weight is 563 g/mol. The Hall–Kier alpha value is -4.37. The fraction of sp³-hybridized carbons (Fsp3) is 0.281. The average Bonchev–Trinajstić information content (AvgIpc) is 3.28. The maximum absolute atomic E-state index is 13.5. The molecule has 7 nitrogen and oxygen atoms in total. The lowest BCUT2D eigenvalue weighted by atomic mass is 9.74. The van der Waals surface area contributed by atoms with Crippen LogP contribution in [0.25, 0.3) is 0 Å². The number of benzene rings is 3. The summed E-state index contributed by atoms with van der Waals surface area (Å²) >= 11 is 0. The maximum Gasteiger partial charge on any atom is 0.328 e. The molecule has 3 aromatic carbocycles. The number of ketones is 1. The number of carbonyl (C=O) groups excluding carboxylic acids is 1. The molecule has 1 saturated heterocycles. The number of carboxylic acid groups (broad SMARTS) is 2. The number of aliphatic carboxylic acids is 2. The molecule has 9 heteroatoms. The Bertz CT molecular complexity index is 1380. The number of anilines is 2. The Balaban J connectivity index is 0.000000426. The molecule has 0 atom stereocenters. The highest BCUT2D eigenvalue weighted by atomic mass is 19.1. The van der Waals surface area contributed by atoms with Crippen molar-refractivity contribution >= 4 is 29.1 Å². The summed E-state index contributed by atoms with van der Waals surface area (Å²) < 4.78 is 26.5. The molecule has 0 radical (unpaired) electrons. The largest absolute Gasteiger partial charge is 0.478 e.